The van der Waals surface area contributed by atoms with Gasteiger partial charge in [0.2, 0.25) is 0 Å². The summed E-state index contributed by atoms with van der Waals surface area (Å²) in [5, 5.41) is 5.22. The van der Waals surface area contributed by atoms with E-state index in [4.69, 9.17) is 4.74 Å². The lowest BCUT2D eigenvalue weighted by molar-refractivity contribution is -0.131. The summed E-state index contributed by atoms with van der Waals surface area (Å²) in [7, 11) is 1.31. The van der Waals surface area contributed by atoms with Crippen molar-refractivity contribution in [2.75, 3.05) is 20.2 Å². The van der Waals surface area contributed by atoms with Crippen LogP contribution in [0, 0.1) is 5.82 Å². The maximum Gasteiger partial charge on any atom is 0.315 e. The third-order valence-electron chi connectivity index (χ3n) is 3.62. The van der Waals surface area contributed by atoms with E-state index in [2.05, 4.69) is 15.6 Å². The van der Waals surface area contributed by atoms with Gasteiger partial charge < -0.3 is 20.4 Å². The van der Waals surface area contributed by atoms with Crippen molar-refractivity contribution in [3.63, 3.8) is 0 Å². The Morgan fingerprint density at radius 1 is 1.28 bits per heavy atom. The first kappa shape index (κ1) is 18.6. The zero-order valence-electron chi connectivity index (χ0n) is 13.7. The lowest BCUT2D eigenvalue weighted by atomic mass is 10.1. The van der Waals surface area contributed by atoms with E-state index in [0.717, 1.165) is 0 Å². The molecule has 2 rings (SSSR count). The van der Waals surface area contributed by atoms with Gasteiger partial charge in [-0.05, 0) is 25.0 Å². The molecule has 0 atom stereocenters. The van der Waals surface area contributed by atoms with E-state index < -0.39 is 24.1 Å². The molecule has 0 bridgehead atoms. The molecule has 0 aliphatic heterocycles. The van der Waals surface area contributed by atoms with E-state index in [1.807, 2.05) is 0 Å². The molecule has 3 N–H and O–H groups in total. The number of H-pyrrole nitrogens is 1. The number of ether oxygens (including phenoxy) is 1. The van der Waals surface area contributed by atoms with Crippen LogP contribution in [0.1, 0.15) is 23.0 Å². The number of aromatic amines is 1. The molecule has 0 fully saturated rings. The minimum Gasteiger partial charge on any atom is -0.494 e. The fraction of sp³-hybridized carbons (Fsp3) is 0.375. The molecular formula is C16H18F3N3O3. The van der Waals surface area contributed by atoms with Crippen LogP contribution in [0.3, 0.4) is 0 Å². The van der Waals surface area contributed by atoms with Crippen molar-refractivity contribution in [3.05, 3.63) is 29.2 Å². The first-order chi connectivity index (χ1) is 11.9. The molecule has 0 saturated heterocycles. The van der Waals surface area contributed by atoms with Crippen LogP contribution < -0.4 is 15.4 Å². The highest BCUT2D eigenvalue weighted by Gasteiger charge is 2.20. The molecule has 0 aliphatic carbocycles. The molecule has 0 aliphatic rings. The summed E-state index contributed by atoms with van der Waals surface area (Å²) in [6, 6.07) is 2.62. The number of benzene rings is 1. The number of aromatic nitrogens is 1. The average Bonchev–Trinajstić information content (AvgIpc) is 2.91. The van der Waals surface area contributed by atoms with Crippen molar-refractivity contribution >= 4 is 22.7 Å². The van der Waals surface area contributed by atoms with Crippen molar-refractivity contribution in [3.8, 4) is 5.75 Å². The molecule has 0 saturated carbocycles. The SMILES string of the molecule is CCNC(=O)c1[nH]c2cc(F)c(OC)cc2c1CCNC(=O)C(F)F. The summed E-state index contributed by atoms with van der Waals surface area (Å²) in [6.07, 6.45) is -3.00. The van der Waals surface area contributed by atoms with Crippen LogP contribution in [0.4, 0.5) is 13.2 Å². The second-order valence-electron chi connectivity index (χ2n) is 5.21. The van der Waals surface area contributed by atoms with Crippen LogP contribution in [0.15, 0.2) is 12.1 Å². The van der Waals surface area contributed by atoms with Gasteiger partial charge in [0.15, 0.2) is 11.6 Å². The van der Waals surface area contributed by atoms with Crippen molar-refractivity contribution in [2.45, 2.75) is 19.8 Å². The summed E-state index contributed by atoms with van der Waals surface area (Å²) in [5.41, 5.74) is 1.04. The number of halogens is 3. The van der Waals surface area contributed by atoms with E-state index in [1.54, 1.807) is 6.92 Å². The van der Waals surface area contributed by atoms with Gasteiger partial charge in [0.1, 0.15) is 5.69 Å². The molecule has 1 aromatic carbocycles. The zero-order chi connectivity index (χ0) is 18.6. The molecule has 25 heavy (non-hydrogen) atoms. The van der Waals surface area contributed by atoms with E-state index >= 15 is 0 Å². The Morgan fingerprint density at radius 2 is 2.00 bits per heavy atom. The highest BCUT2D eigenvalue weighted by atomic mass is 19.3. The number of methoxy groups -OCH3 is 1. The molecule has 0 spiro atoms. The molecule has 0 unspecified atom stereocenters. The number of amides is 2. The normalized spacial score (nSPS) is 11.0. The van der Waals surface area contributed by atoms with Gasteiger partial charge in [0.05, 0.1) is 7.11 Å². The average molecular weight is 357 g/mol. The Hall–Kier alpha value is -2.71. The number of nitrogens with one attached hydrogen (secondary N) is 3. The molecule has 2 aromatic rings. The number of hydrogen-bond acceptors (Lipinski definition) is 3. The van der Waals surface area contributed by atoms with E-state index in [-0.39, 0.29) is 24.4 Å². The van der Waals surface area contributed by atoms with Crippen molar-refractivity contribution in [1.82, 2.24) is 15.6 Å². The highest BCUT2D eigenvalue weighted by molar-refractivity contribution is 6.01. The van der Waals surface area contributed by atoms with Gasteiger partial charge in [-0.1, -0.05) is 0 Å². The van der Waals surface area contributed by atoms with Crippen LogP contribution in [0.5, 0.6) is 5.75 Å². The van der Waals surface area contributed by atoms with Gasteiger partial charge in [-0.3, -0.25) is 9.59 Å². The summed E-state index contributed by atoms with van der Waals surface area (Å²) in [6.45, 7) is 2.03. The summed E-state index contributed by atoms with van der Waals surface area (Å²) in [4.78, 5) is 26.0. The van der Waals surface area contributed by atoms with Crippen LogP contribution in [-0.2, 0) is 11.2 Å². The predicted octanol–water partition coefficient (Wildman–Crippen LogP) is 1.99. The number of carbonyl (C=O) groups is 2. The maximum atomic E-state index is 13.9. The van der Waals surface area contributed by atoms with Crippen LogP contribution >= 0.6 is 0 Å². The maximum absolute atomic E-state index is 13.9. The van der Waals surface area contributed by atoms with Crippen LogP contribution in [0.2, 0.25) is 0 Å². The minimum absolute atomic E-state index is 0.00758. The first-order valence-corrected chi connectivity index (χ1v) is 7.61. The Morgan fingerprint density at radius 3 is 2.60 bits per heavy atom. The Kier molecular flexibility index (Phi) is 5.89. The Balaban J connectivity index is 2.40. The second kappa shape index (κ2) is 7.91. The summed E-state index contributed by atoms with van der Waals surface area (Å²) < 4.78 is 43.3. The molecule has 9 heteroatoms. The molecular weight excluding hydrogens is 339 g/mol. The highest BCUT2D eigenvalue weighted by Crippen LogP contribution is 2.29. The van der Waals surface area contributed by atoms with E-state index in [9.17, 15) is 22.8 Å². The number of hydrogen-bond donors (Lipinski definition) is 3. The lowest BCUT2D eigenvalue weighted by Gasteiger charge is -2.07. The number of carbonyl (C=O) groups excluding carboxylic acids is 2. The predicted molar refractivity (Wildman–Crippen MR) is 85.5 cm³/mol. The van der Waals surface area contributed by atoms with Gasteiger partial charge in [0.25, 0.3) is 11.8 Å². The monoisotopic (exact) mass is 357 g/mol. The quantitative estimate of drug-likeness (QED) is 0.709. The van der Waals surface area contributed by atoms with Gasteiger partial charge in [0, 0.05) is 30.1 Å². The number of rotatable bonds is 7. The Bertz CT molecular complexity index is 790. The molecule has 1 heterocycles. The van der Waals surface area contributed by atoms with Crippen molar-refractivity contribution < 1.29 is 27.5 Å². The van der Waals surface area contributed by atoms with Gasteiger partial charge in [-0.25, -0.2) is 4.39 Å². The largest absolute Gasteiger partial charge is 0.494 e. The number of fused-ring (bicyclic) bond motifs is 1. The Labute approximate surface area is 141 Å². The molecule has 6 nitrogen and oxygen atoms in total. The van der Waals surface area contributed by atoms with Gasteiger partial charge >= 0.3 is 6.43 Å². The van der Waals surface area contributed by atoms with Gasteiger partial charge in [-0.2, -0.15) is 8.78 Å². The fourth-order valence-electron chi connectivity index (χ4n) is 2.50. The molecule has 1 aromatic heterocycles. The summed E-state index contributed by atoms with van der Waals surface area (Å²) >= 11 is 0. The second-order valence-corrected chi connectivity index (χ2v) is 5.21. The fourth-order valence-corrected chi connectivity index (χ4v) is 2.50. The van der Waals surface area contributed by atoms with Crippen LogP contribution in [0.25, 0.3) is 10.9 Å². The van der Waals surface area contributed by atoms with E-state index in [1.165, 1.54) is 19.2 Å². The third kappa shape index (κ3) is 4.04. The number of alkyl halides is 2. The first-order valence-electron chi connectivity index (χ1n) is 7.61. The van der Waals surface area contributed by atoms with Crippen molar-refractivity contribution in [1.29, 1.82) is 0 Å². The minimum atomic E-state index is -3.11. The standard InChI is InChI=1S/C16H18F3N3O3/c1-3-20-15(23)13-8(4-5-21-16(24)14(18)19)9-6-12(25-2)10(17)7-11(9)22-13/h6-7,14,22H,3-5H2,1-2H3,(H,20,23)(H,21,24). The van der Waals surface area contributed by atoms with E-state index in [0.29, 0.717) is 23.0 Å². The third-order valence-corrected chi connectivity index (χ3v) is 3.62. The van der Waals surface area contributed by atoms with Crippen molar-refractivity contribution in [2.24, 2.45) is 0 Å². The molecule has 2 amide bonds. The van der Waals surface area contributed by atoms with Gasteiger partial charge in [-0.15, -0.1) is 0 Å². The molecule has 0 radical (unpaired) electrons. The smallest absolute Gasteiger partial charge is 0.315 e. The topological polar surface area (TPSA) is 83.2 Å². The lowest BCUT2D eigenvalue weighted by Crippen LogP contribution is -2.31. The molecule has 136 valence electrons. The summed E-state index contributed by atoms with van der Waals surface area (Å²) in [5.74, 6) is -2.40. The zero-order valence-corrected chi connectivity index (χ0v) is 13.7. The van der Waals surface area contributed by atoms with Crippen LogP contribution in [-0.4, -0.2) is 43.4 Å².